The van der Waals surface area contributed by atoms with Gasteiger partial charge in [0.1, 0.15) is 0 Å². The monoisotopic (exact) mass is 230 g/mol. The van der Waals surface area contributed by atoms with E-state index in [4.69, 9.17) is 0 Å². The summed E-state index contributed by atoms with van der Waals surface area (Å²) in [5, 5.41) is 4.29. The van der Waals surface area contributed by atoms with Crippen LogP contribution in [-0.2, 0) is 18.4 Å². The van der Waals surface area contributed by atoms with E-state index in [1.54, 1.807) is 11.7 Å². The Labute approximate surface area is 93.4 Å². The molecule has 5 heteroatoms. The molecule has 0 saturated heterocycles. The lowest BCUT2D eigenvalue weighted by Gasteiger charge is -2.14. The van der Waals surface area contributed by atoms with Crippen LogP contribution >= 0.6 is 0 Å². The minimum absolute atomic E-state index is 0.0863. The molecule has 16 heavy (non-hydrogen) atoms. The normalized spacial score (nSPS) is 16.8. The quantitative estimate of drug-likeness (QED) is 0.777. The van der Waals surface area contributed by atoms with Crippen molar-refractivity contribution in [3.63, 3.8) is 0 Å². The van der Waals surface area contributed by atoms with Gasteiger partial charge in [0.05, 0.1) is 18.0 Å². The molecule has 0 aromatic carbocycles. The number of aromatic nitrogens is 2. The molecule has 3 nitrogen and oxygen atoms in total. The molecule has 1 fully saturated rings. The number of aryl methyl sites for hydroxylation is 1. The van der Waals surface area contributed by atoms with Gasteiger partial charge in [0, 0.05) is 19.4 Å². The summed E-state index contributed by atoms with van der Waals surface area (Å²) in [4.78, 5) is 0. The molecule has 90 valence electrons. The van der Waals surface area contributed by atoms with Gasteiger partial charge in [0.25, 0.3) is 0 Å². The van der Waals surface area contributed by atoms with Crippen molar-refractivity contribution in [2.24, 2.45) is 7.05 Å². The molecule has 1 aliphatic carbocycles. The topological polar surface area (TPSA) is 27.1 Å². The molecule has 1 heterocycles. The van der Waals surface area contributed by atoms with Gasteiger partial charge in [-0.25, -0.2) is 0 Å². The first-order valence-corrected chi connectivity index (χ1v) is 5.56. The second-order valence-electron chi connectivity index (χ2n) is 4.24. The molecule has 0 unspecified atom stereocenters. The van der Waals surface area contributed by atoms with Gasteiger partial charge in [0.2, 0.25) is 0 Å². The van der Waals surface area contributed by atoms with E-state index in [1.165, 1.54) is 6.92 Å². The van der Waals surface area contributed by atoms with E-state index in [0.29, 0.717) is 11.6 Å². The van der Waals surface area contributed by atoms with E-state index in [0.717, 1.165) is 18.5 Å². The summed E-state index contributed by atoms with van der Waals surface area (Å²) < 4.78 is 32.0. The summed E-state index contributed by atoms with van der Waals surface area (Å²) in [6, 6.07) is 1.86. The van der Waals surface area contributed by atoms with Crippen LogP contribution in [0.4, 0.5) is 8.78 Å². The fraction of sp³-hybridized carbons (Fsp3) is 0.727. The summed E-state index contributed by atoms with van der Waals surface area (Å²) in [5.41, 5.74) is 1.70. The zero-order valence-corrected chi connectivity index (χ0v) is 9.54. The lowest BCUT2D eigenvalue weighted by Crippen LogP contribution is -2.19. The Morgan fingerprint density at radius 1 is 1.56 bits per heavy atom. The largest absolute Gasteiger partial charge is 0.355 e. The first kappa shape index (κ1) is 11.5. The Kier molecular flexibility index (Phi) is 2.97. The predicted octanol–water partition coefficient (Wildman–Crippen LogP) is 2.82. The van der Waals surface area contributed by atoms with Crippen molar-refractivity contribution in [2.45, 2.75) is 44.8 Å². The Bertz CT molecular complexity index is 372. The summed E-state index contributed by atoms with van der Waals surface area (Å²) in [5.74, 6) is 0.534. The Hall–Kier alpha value is -0.970. The number of hydrogen-bond acceptors (Lipinski definition) is 2. The van der Waals surface area contributed by atoms with Crippen LogP contribution in [0, 0.1) is 0 Å². The molecule has 0 bridgehead atoms. The lowest BCUT2D eigenvalue weighted by atomic mass is 10.3. The molecule has 0 N–H and O–H groups in total. The molecular formula is C11H16F2N2O. The van der Waals surface area contributed by atoms with Crippen LogP contribution in [0.15, 0.2) is 6.07 Å². The van der Waals surface area contributed by atoms with E-state index in [9.17, 15) is 8.78 Å². The van der Waals surface area contributed by atoms with Gasteiger partial charge in [0.15, 0.2) is 0 Å². The number of alkyl halides is 2. The maximum Gasteiger partial charge on any atom is 0.355 e. The zero-order valence-electron chi connectivity index (χ0n) is 9.54. The Morgan fingerprint density at radius 3 is 2.81 bits per heavy atom. The highest BCUT2D eigenvalue weighted by atomic mass is 19.3. The third kappa shape index (κ3) is 2.58. The molecule has 0 spiro atoms. The number of nitrogens with zero attached hydrogens (tertiary/aromatic N) is 2. The van der Waals surface area contributed by atoms with Gasteiger partial charge in [-0.05, 0) is 18.9 Å². The molecule has 1 saturated carbocycles. The minimum atomic E-state index is -3.04. The van der Waals surface area contributed by atoms with Crippen molar-refractivity contribution in [3.8, 4) is 0 Å². The van der Waals surface area contributed by atoms with Crippen molar-refractivity contribution in [1.82, 2.24) is 9.78 Å². The standard InChI is InChI=1S/C11H16F2N2O/c1-3-11(12,13)16-7-9-6-10(8-4-5-8)14-15(9)2/h6,8H,3-5,7H2,1-2H3. The third-order valence-electron chi connectivity index (χ3n) is 2.83. The molecule has 0 amide bonds. The zero-order chi connectivity index (χ0) is 11.8. The van der Waals surface area contributed by atoms with Crippen LogP contribution < -0.4 is 0 Å². The number of hydrogen-bond donors (Lipinski definition) is 0. The fourth-order valence-electron chi connectivity index (χ4n) is 1.53. The van der Waals surface area contributed by atoms with Gasteiger partial charge in [-0.1, -0.05) is 6.92 Å². The molecule has 1 aromatic rings. The molecule has 0 radical (unpaired) electrons. The number of ether oxygens (including phenoxy) is 1. The van der Waals surface area contributed by atoms with Crippen LogP contribution in [0.5, 0.6) is 0 Å². The SMILES string of the molecule is CCC(F)(F)OCc1cc(C2CC2)nn1C. The van der Waals surface area contributed by atoms with Crippen molar-refractivity contribution in [3.05, 3.63) is 17.5 Å². The highest BCUT2D eigenvalue weighted by Crippen LogP contribution is 2.39. The number of halogens is 2. The Morgan fingerprint density at radius 2 is 2.25 bits per heavy atom. The molecule has 0 aliphatic heterocycles. The number of rotatable bonds is 5. The minimum Gasteiger partial charge on any atom is -0.314 e. The first-order valence-electron chi connectivity index (χ1n) is 5.56. The van der Waals surface area contributed by atoms with E-state index < -0.39 is 6.11 Å². The van der Waals surface area contributed by atoms with E-state index in [-0.39, 0.29) is 13.0 Å². The second-order valence-corrected chi connectivity index (χ2v) is 4.24. The Balaban J connectivity index is 1.98. The fourth-order valence-corrected chi connectivity index (χ4v) is 1.53. The van der Waals surface area contributed by atoms with Crippen LogP contribution in [0.1, 0.15) is 43.5 Å². The van der Waals surface area contributed by atoms with Crippen LogP contribution in [0.25, 0.3) is 0 Å². The molecule has 0 atom stereocenters. The smallest absolute Gasteiger partial charge is 0.314 e. The summed E-state index contributed by atoms with van der Waals surface area (Å²) >= 11 is 0. The summed E-state index contributed by atoms with van der Waals surface area (Å²) in [7, 11) is 1.76. The molecule has 2 rings (SSSR count). The van der Waals surface area contributed by atoms with E-state index in [2.05, 4.69) is 9.84 Å². The van der Waals surface area contributed by atoms with Gasteiger partial charge in [-0.15, -0.1) is 0 Å². The van der Waals surface area contributed by atoms with Gasteiger partial charge < -0.3 is 4.74 Å². The van der Waals surface area contributed by atoms with Crippen LogP contribution in [0.2, 0.25) is 0 Å². The van der Waals surface area contributed by atoms with Crippen LogP contribution in [0.3, 0.4) is 0 Å². The maximum absolute atomic E-state index is 12.9. The van der Waals surface area contributed by atoms with Crippen molar-refractivity contribution < 1.29 is 13.5 Å². The molecule has 1 aromatic heterocycles. The lowest BCUT2D eigenvalue weighted by molar-refractivity contribution is -0.247. The van der Waals surface area contributed by atoms with Crippen molar-refractivity contribution in [2.75, 3.05) is 0 Å². The maximum atomic E-state index is 12.9. The van der Waals surface area contributed by atoms with E-state index in [1.807, 2.05) is 6.07 Å². The molecular weight excluding hydrogens is 214 g/mol. The average Bonchev–Trinajstić information content (AvgIpc) is 3.01. The highest BCUT2D eigenvalue weighted by Gasteiger charge is 2.29. The van der Waals surface area contributed by atoms with Gasteiger partial charge in [-0.3, -0.25) is 4.68 Å². The van der Waals surface area contributed by atoms with Crippen LogP contribution in [-0.4, -0.2) is 15.9 Å². The molecule has 1 aliphatic rings. The highest BCUT2D eigenvalue weighted by molar-refractivity contribution is 5.18. The van der Waals surface area contributed by atoms with E-state index >= 15 is 0 Å². The summed E-state index contributed by atoms with van der Waals surface area (Å²) in [6.07, 6.45) is -1.03. The second kappa shape index (κ2) is 4.13. The van der Waals surface area contributed by atoms with Crippen molar-refractivity contribution in [1.29, 1.82) is 0 Å². The average molecular weight is 230 g/mol. The summed E-state index contributed by atoms with van der Waals surface area (Å²) in [6.45, 7) is 1.32. The third-order valence-corrected chi connectivity index (χ3v) is 2.83. The van der Waals surface area contributed by atoms with Gasteiger partial charge in [-0.2, -0.15) is 13.9 Å². The predicted molar refractivity (Wildman–Crippen MR) is 55.2 cm³/mol. The van der Waals surface area contributed by atoms with Gasteiger partial charge >= 0.3 is 6.11 Å². The van der Waals surface area contributed by atoms with Crippen molar-refractivity contribution >= 4 is 0 Å². The first-order chi connectivity index (χ1) is 7.52.